The van der Waals surface area contributed by atoms with Gasteiger partial charge in [-0.15, -0.1) is 11.3 Å². The fourth-order valence-electron chi connectivity index (χ4n) is 1.92. The Morgan fingerprint density at radius 1 is 1.29 bits per heavy atom. The standard InChI is InChI=1S/C14H19N3O2S2/c1-2-15-11-12-5-3-4-6-13(12)21(18,19)17-8-7-14-16-9-10-20-14/h3-6,9-10,15,17H,2,7-8,11H2,1H3. The van der Waals surface area contributed by atoms with Crippen molar-refractivity contribution in [3.63, 3.8) is 0 Å². The Morgan fingerprint density at radius 2 is 2.10 bits per heavy atom. The molecule has 0 spiro atoms. The summed E-state index contributed by atoms with van der Waals surface area (Å²) in [6.07, 6.45) is 2.33. The number of thiazole rings is 1. The molecule has 0 saturated heterocycles. The smallest absolute Gasteiger partial charge is 0.240 e. The first-order chi connectivity index (χ1) is 10.1. The molecule has 114 valence electrons. The monoisotopic (exact) mass is 325 g/mol. The van der Waals surface area contributed by atoms with Crippen molar-refractivity contribution in [3.8, 4) is 0 Å². The molecule has 21 heavy (non-hydrogen) atoms. The molecule has 7 heteroatoms. The molecule has 2 rings (SSSR count). The van der Waals surface area contributed by atoms with Crippen molar-refractivity contribution in [2.75, 3.05) is 13.1 Å². The summed E-state index contributed by atoms with van der Waals surface area (Å²) in [6, 6.07) is 7.06. The third-order valence-corrected chi connectivity index (χ3v) is 5.34. The minimum absolute atomic E-state index is 0.338. The molecule has 0 radical (unpaired) electrons. The summed E-state index contributed by atoms with van der Waals surface area (Å²) in [4.78, 5) is 4.48. The predicted octanol–water partition coefficient (Wildman–Crippen LogP) is 1.77. The molecule has 0 aliphatic carbocycles. The van der Waals surface area contributed by atoms with Gasteiger partial charge in [-0.1, -0.05) is 25.1 Å². The highest BCUT2D eigenvalue weighted by Crippen LogP contribution is 2.15. The number of hydrogen-bond acceptors (Lipinski definition) is 5. The molecule has 1 heterocycles. The number of hydrogen-bond donors (Lipinski definition) is 2. The molecule has 0 unspecified atom stereocenters. The minimum Gasteiger partial charge on any atom is -0.313 e. The first kappa shape index (κ1) is 16.1. The molecule has 0 aliphatic rings. The quantitative estimate of drug-likeness (QED) is 0.776. The Labute approximate surface area is 129 Å². The number of benzene rings is 1. The average molecular weight is 325 g/mol. The van der Waals surface area contributed by atoms with Crippen LogP contribution in [0.25, 0.3) is 0 Å². The normalized spacial score (nSPS) is 11.7. The van der Waals surface area contributed by atoms with E-state index >= 15 is 0 Å². The average Bonchev–Trinajstić information content (AvgIpc) is 2.98. The molecule has 2 N–H and O–H groups in total. The lowest BCUT2D eigenvalue weighted by molar-refractivity contribution is 0.579. The summed E-state index contributed by atoms with van der Waals surface area (Å²) in [5.74, 6) is 0. The van der Waals surface area contributed by atoms with Crippen molar-refractivity contribution < 1.29 is 8.42 Å². The van der Waals surface area contributed by atoms with Crippen molar-refractivity contribution in [2.45, 2.75) is 24.8 Å². The van der Waals surface area contributed by atoms with Crippen LogP contribution in [0.4, 0.5) is 0 Å². The van der Waals surface area contributed by atoms with Gasteiger partial charge >= 0.3 is 0 Å². The molecular weight excluding hydrogens is 306 g/mol. The molecule has 0 amide bonds. The van der Waals surface area contributed by atoms with Crippen LogP contribution in [0.2, 0.25) is 0 Å². The first-order valence-corrected chi connectivity index (χ1v) is 9.16. The number of sulfonamides is 1. The number of nitrogens with one attached hydrogen (secondary N) is 2. The maximum atomic E-state index is 12.4. The molecule has 1 aromatic heterocycles. The van der Waals surface area contributed by atoms with Crippen molar-refractivity contribution in [1.29, 1.82) is 0 Å². The molecule has 0 atom stereocenters. The second-order valence-electron chi connectivity index (χ2n) is 4.46. The molecule has 0 aliphatic heterocycles. The summed E-state index contributed by atoms with van der Waals surface area (Å²) in [7, 11) is -3.49. The minimum atomic E-state index is -3.49. The largest absolute Gasteiger partial charge is 0.313 e. The maximum absolute atomic E-state index is 12.4. The second-order valence-corrected chi connectivity index (χ2v) is 7.18. The third kappa shape index (κ3) is 4.60. The van der Waals surface area contributed by atoms with Crippen molar-refractivity contribution in [3.05, 3.63) is 46.4 Å². The predicted molar refractivity (Wildman–Crippen MR) is 84.8 cm³/mol. The van der Waals surface area contributed by atoms with Gasteiger partial charge in [0.15, 0.2) is 0 Å². The Kier molecular flexibility index (Phi) is 5.86. The molecule has 0 bridgehead atoms. The van der Waals surface area contributed by atoms with Crippen LogP contribution >= 0.6 is 11.3 Å². The number of nitrogens with zero attached hydrogens (tertiary/aromatic N) is 1. The van der Waals surface area contributed by atoms with E-state index in [1.54, 1.807) is 18.3 Å². The van der Waals surface area contributed by atoms with E-state index in [1.165, 1.54) is 11.3 Å². The van der Waals surface area contributed by atoms with Crippen LogP contribution in [0.3, 0.4) is 0 Å². The Balaban J connectivity index is 2.04. The first-order valence-electron chi connectivity index (χ1n) is 6.80. The Bertz CT molecular complexity index is 655. The molecule has 0 saturated carbocycles. The van der Waals surface area contributed by atoms with Gasteiger partial charge in [0.2, 0.25) is 10.0 Å². The highest BCUT2D eigenvalue weighted by Gasteiger charge is 2.17. The summed E-state index contributed by atoms with van der Waals surface area (Å²) >= 11 is 1.53. The van der Waals surface area contributed by atoms with Crippen LogP contribution in [0.15, 0.2) is 40.7 Å². The van der Waals surface area contributed by atoms with E-state index in [1.807, 2.05) is 24.4 Å². The van der Waals surface area contributed by atoms with Crippen LogP contribution in [0.1, 0.15) is 17.5 Å². The SMILES string of the molecule is CCNCc1ccccc1S(=O)(=O)NCCc1nccs1. The molecular formula is C14H19N3O2S2. The highest BCUT2D eigenvalue weighted by atomic mass is 32.2. The molecule has 0 fully saturated rings. The van der Waals surface area contributed by atoms with Crippen LogP contribution in [-0.2, 0) is 23.0 Å². The topological polar surface area (TPSA) is 71.1 Å². The van der Waals surface area contributed by atoms with Gasteiger partial charge in [0.05, 0.1) is 9.90 Å². The highest BCUT2D eigenvalue weighted by molar-refractivity contribution is 7.89. The Hall–Kier alpha value is -1.28. The van der Waals surface area contributed by atoms with E-state index in [2.05, 4.69) is 15.0 Å². The molecule has 2 aromatic rings. The summed E-state index contributed by atoms with van der Waals surface area (Å²) in [5, 5.41) is 5.97. The van der Waals surface area contributed by atoms with Gasteiger partial charge in [0.25, 0.3) is 0 Å². The number of rotatable bonds is 8. The zero-order valence-corrected chi connectivity index (χ0v) is 13.5. The van der Waals surface area contributed by atoms with E-state index in [-0.39, 0.29) is 0 Å². The Morgan fingerprint density at radius 3 is 2.81 bits per heavy atom. The fraction of sp³-hybridized carbons (Fsp3) is 0.357. The maximum Gasteiger partial charge on any atom is 0.240 e. The third-order valence-electron chi connectivity index (χ3n) is 2.94. The van der Waals surface area contributed by atoms with Gasteiger partial charge < -0.3 is 5.32 Å². The van der Waals surface area contributed by atoms with E-state index in [0.29, 0.717) is 24.4 Å². The molecule has 5 nitrogen and oxygen atoms in total. The van der Waals surface area contributed by atoms with Crippen LogP contribution in [0.5, 0.6) is 0 Å². The van der Waals surface area contributed by atoms with Crippen molar-refractivity contribution in [1.82, 2.24) is 15.0 Å². The second kappa shape index (κ2) is 7.65. The van der Waals surface area contributed by atoms with Gasteiger partial charge in [0.1, 0.15) is 0 Å². The lowest BCUT2D eigenvalue weighted by Gasteiger charge is -2.11. The van der Waals surface area contributed by atoms with E-state index < -0.39 is 10.0 Å². The van der Waals surface area contributed by atoms with E-state index in [0.717, 1.165) is 17.1 Å². The van der Waals surface area contributed by atoms with Gasteiger partial charge in [0, 0.05) is 31.1 Å². The van der Waals surface area contributed by atoms with Crippen LogP contribution < -0.4 is 10.0 Å². The van der Waals surface area contributed by atoms with Gasteiger partial charge in [-0.2, -0.15) is 0 Å². The van der Waals surface area contributed by atoms with Gasteiger partial charge in [-0.3, -0.25) is 0 Å². The van der Waals surface area contributed by atoms with Gasteiger partial charge in [-0.25, -0.2) is 18.1 Å². The molecule has 1 aromatic carbocycles. The number of aromatic nitrogens is 1. The lowest BCUT2D eigenvalue weighted by atomic mass is 10.2. The van der Waals surface area contributed by atoms with Gasteiger partial charge in [-0.05, 0) is 18.2 Å². The van der Waals surface area contributed by atoms with E-state index in [9.17, 15) is 8.42 Å². The lowest BCUT2D eigenvalue weighted by Crippen LogP contribution is -2.27. The summed E-state index contributed by atoms with van der Waals surface area (Å²) < 4.78 is 27.4. The van der Waals surface area contributed by atoms with E-state index in [4.69, 9.17) is 0 Å². The summed E-state index contributed by atoms with van der Waals surface area (Å²) in [5.41, 5.74) is 0.779. The van der Waals surface area contributed by atoms with Crippen LogP contribution in [-0.4, -0.2) is 26.5 Å². The zero-order valence-electron chi connectivity index (χ0n) is 11.9. The van der Waals surface area contributed by atoms with Crippen LogP contribution in [0, 0.1) is 0 Å². The van der Waals surface area contributed by atoms with Crippen molar-refractivity contribution >= 4 is 21.4 Å². The summed E-state index contributed by atoms with van der Waals surface area (Å²) in [6.45, 7) is 3.68. The van der Waals surface area contributed by atoms with Crippen molar-refractivity contribution in [2.24, 2.45) is 0 Å². The zero-order chi connectivity index (χ0) is 15.1. The fourth-order valence-corrected chi connectivity index (χ4v) is 3.81.